The molecular formula is C11H10N4O2S. The first-order valence-corrected chi connectivity index (χ1v) is 6.64. The molecule has 18 heavy (non-hydrogen) atoms. The number of aromatic amines is 1. The summed E-state index contributed by atoms with van der Waals surface area (Å²) in [6.45, 7) is 0.710. The lowest BCUT2D eigenvalue weighted by atomic mass is 10.3. The zero-order valence-corrected chi connectivity index (χ0v) is 10.2. The molecule has 2 aromatic heterocycles. The summed E-state index contributed by atoms with van der Waals surface area (Å²) in [6.07, 6.45) is 1.57. The normalized spacial score (nSPS) is 19.6. The lowest BCUT2D eigenvalue weighted by Gasteiger charge is -2.18. The molecule has 0 spiro atoms. The quantitative estimate of drug-likeness (QED) is 0.886. The number of hydrogen-bond donors (Lipinski definition) is 1. The number of thioether (sulfide) groups is 1. The minimum atomic E-state index is -0.101. The zero-order chi connectivity index (χ0) is 12.4. The first-order chi connectivity index (χ1) is 8.86. The van der Waals surface area contributed by atoms with Crippen molar-refractivity contribution < 1.29 is 9.26 Å². The van der Waals surface area contributed by atoms with Gasteiger partial charge in [0.25, 0.3) is 5.89 Å². The topological polar surface area (TPSA) is 87.7 Å². The summed E-state index contributed by atoms with van der Waals surface area (Å²) >= 11 is 1.81. The van der Waals surface area contributed by atoms with Gasteiger partial charge in [0.1, 0.15) is 17.9 Å². The second-order valence-corrected chi connectivity index (χ2v) is 4.96. The van der Waals surface area contributed by atoms with Crippen molar-refractivity contribution >= 4 is 11.8 Å². The van der Waals surface area contributed by atoms with E-state index in [4.69, 9.17) is 14.5 Å². The third-order valence-electron chi connectivity index (χ3n) is 2.60. The molecule has 3 heterocycles. The van der Waals surface area contributed by atoms with Crippen molar-refractivity contribution in [2.45, 2.75) is 6.10 Å². The maximum atomic E-state index is 8.74. The molecule has 0 bridgehead atoms. The smallest absolute Gasteiger partial charge is 0.259 e. The van der Waals surface area contributed by atoms with Crippen LogP contribution in [0.1, 0.15) is 17.6 Å². The number of nitrogens with zero attached hydrogens (tertiary/aromatic N) is 3. The summed E-state index contributed by atoms with van der Waals surface area (Å²) in [4.78, 5) is 7.12. The van der Waals surface area contributed by atoms with E-state index in [1.807, 2.05) is 17.8 Å². The summed E-state index contributed by atoms with van der Waals surface area (Å²) in [7, 11) is 0. The molecule has 1 fully saturated rings. The molecule has 7 heteroatoms. The maximum absolute atomic E-state index is 8.74. The summed E-state index contributed by atoms with van der Waals surface area (Å²) in [5.41, 5.74) is 1.18. The van der Waals surface area contributed by atoms with Crippen LogP contribution in [0.15, 0.2) is 16.8 Å². The van der Waals surface area contributed by atoms with Crippen molar-refractivity contribution in [1.29, 1.82) is 5.26 Å². The molecule has 3 rings (SSSR count). The summed E-state index contributed by atoms with van der Waals surface area (Å²) in [5.74, 6) is 2.82. The molecule has 1 aliphatic heterocycles. The fourth-order valence-corrected chi connectivity index (χ4v) is 2.54. The van der Waals surface area contributed by atoms with Crippen LogP contribution in [0.4, 0.5) is 0 Å². The molecule has 0 radical (unpaired) electrons. The van der Waals surface area contributed by atoms with Crippen LogP contribution in [0, 0.1) is 11.3 Å². The Bertz CT molecular complexity index is 580. The van der Waals surface area contributed by atoms with E-state index < -0.39 is 0 Å². The van der Waals surface area contributed by atoms with Crippen molar-refractivity contribution in [1.82, 2.24) is 15.1 Å². The van der Waals surface area contributed by atoms with Gasteiger partial charge in [-0.2, -0.15) is 22.0 Å². The van der Waals surface area contributed by atoms with Gasteiger partial charge in [-0.05, 0) is 6.07 Å². The third kappa shape index (κ3) is 2.12. The number of ether oxygens (including phenoxy) is 1. The fraction of sp³-hybridized carbons (Fsp3) is 0.364. The summed E-state index contributed by atoms with van der Waals surface area (Å²) in [5, 5.41) is 12.7. The van der Waals surface area contributed by atoms with Crippen LogP contribution in [0.3, 0.4) is 0 Å². The number of hydrogen-bond acceptors (Lipinski definition) is 6. The standard InChI is InChI=1S/C11H10N4O2S/c12-4-8-3-7(5-13-8)11-14-10(15-17-11)9-6-18-2-1-16-9/h3,5,9,13H,1-2,6H2. The Morgan fingerprint density at radius 3 is 3.22 bits per heavy atom. The number of aromatic nitrogens is 3. The second kappa shape index (κ2) is 4.84. The van der Waals surface area contributed by atoms with Gasteiger partial charge in [0.2, 0.25) is 5.82 Å². The van der Waals surface area contributed by atoms with Gasteiger partial charge >= 0.3 is 0 Å². The molecule has 0 saturated carbocycles. The molecule has 1 unspecified atom stereocenters. The molecule has 0 aliphatic carbocycles. The largest absolute Gasteiger partial charge is 0.368 e. The molecule has 2 aromatic rings. The molecule has 1 saturated heterocycles. The Hall–Kier alpha value is -1.78. The van der Waals surface area contributed by atoms with E-state index in [2.05, 4.69) is 15.1 Å². The van der Waals surface area contributed by atoms with Crippen LogP contribution in [-0.4, -0.2) is 33.2 Å². The first kappa shape index (κ1) is 11.3. The molecule has 0 amide bonds. The number of H-pyrrole nitrogens is 1. The number of nitriles is 1. The second-order valence-electron chi connectivity index (χ2n) is 3.81. The molecule has 6 nitrogen and oxygen atoms in total. The van der Waals surface area contributed by atoms with Gasteiger partial charge < -0.3 is 14.2 Å². The van der Waals surface area contributed by atoms with Crippen molar-refractivity contribution in [3.05, 3.63) is 23.8 Å². The van der Waals surface area contributed by atoms with Crippen LogP contribution >= 0.6 is 11.8 Å². The van der Waals surface area contributed by atoms with Gasteiger partial charge in [-0.1, -0.05) is 5.16 Å². The molecule has 1 atom stereocenters. The van der Waals surface area contributed by atoms with E-state index in [0.29, 0.717) is 29.6 Å². The van der Waals surface area contributed by atoms with Crippen LogP contribution in [0.2, 0.25) is 0 Å². The van der Waals surface area contributed by atoms with Crippen LogP contribution < -0.4 is 0 Å². The molecule has 1 aliphatic rings. The fourth-order valence-electron chi connectivity index (χ4n) is 1.70. The van der Waals surface area contributed by atoms with Crippen LogP contribution in [0.5, 0.6) is 0 Å². The first-order valence-electron chi connectivity index (χ1n) is 5.48. The van der Waals surface area contributed by atoms with E-state index in [-0.39, 0.29) is 6.10 Å². The molecule has 0 aromatic carbocycles. The highest BCUT2D eigenvalue weighted by molar-refractivity contribution is 7.99. The van der Waals surface area contributed by atoms with Crippen LogP contribution in [0.25, 0.3) is 11.5 Å². The minimum absolute atomic E-state index is 0.101. The van der Waals surface area contributed by atoms with Gasteiger partial charge in [-0.15, -0.1) is 0 Å². The van der Waals surface area contributed by atoms with Gasteiger partial charge in [-0.3, -0.25) is 0 Å². The van der Waals surface area contributed by atoms with Crippen molar-refractivity contribution in [2.75, 3.05) is 18.1 Å². The summed E-state index contributed by atoms with van der Waals surface area (Å²) in [6, 6.07) is 3.69. The van der Waals surface area contributed by atoms with Gasteiger partial charge in [-0.25, -0.2) is 0 Å². The van der Waals surface area contributed by atoms with Gasteiger partial charge in [0, 0.05) is 17.7 Å². The van der Waals surface area contributed by atoms with Crippen molar-refractivity contribution in [2.24, 2.45) is 0 Å². The van der Waals surface area contributed by atoms with E-state index in [1.54, 1.807) is 12.3 Å². The Balaban J connectivity index is 1.82. The molecule has 1 N–H and O–H groups in total. The van der Waals surface area contributed by atoms with Crippen molar-refractivity contribution in [3.63, 3.8) is 0 Å². The Morgan fingerprint density at radius 2 is 2.50 bits per heavy atom. The highest BCUT2D eigenvalue weighted by Crippen LogP contribution is 2.26. The highest BCUT2D eigenvalue weighted by atomic mass is 32.2. The lowest BCUT2D eigenvalue weighted by Crippen LogP contribution is -2.16. The highest BCUT2D eigenvalue weighted by Gasteiger charge is 2.22. The monoisotopic (exact) mass is 262 g/mol. The van der Waals surface area contributed by atoms with E-state index in [0.717, 1.165) is 11.5 Å². The van der Waals surface area contributed by atoms with Gasteiger partial charge in [0.15, 0.2) is 0 Å². The third-order valence-corrected chi connectivity index (χ3v) is 3.59. The average Bonchev–Trinajstić information content (AvgIpc) is 3.08. The number of rotatable bonds is 2. The van der Waals surface area contributed by atoms with Crippen LogP contribution in [-0.2, 0) is 4.74 Å². The van der Waals surface area contributed by atoms with Crippen molar-refractivity contribution in [3.8, 4) is 17.5 Å². The van der Waals surface area contributed by atoms with Gasteiger partial charge in [0.05, 0.1) is 12.2 Å². The molecular weight excluding hydrogens is 252 g/mol. The van der Waals surface area contributed by atoms with E-state index in [1.165, 1.54) is 0 Å². The predicted molar refractivity (Wildman–Crippen MR) is 64.8 cm³/mol. The Morgan fingerprint density at radius 1 is 1.56 bits per heavy atom. The number of nitrogens with one attached hydrogen (secondary N) is 1. The maximum Gasteiger partial charge on any atom is 0.259 e. The average molecular weight is 262 g/mol. The molecule has 92 valence electrons. The Kier molecular flexibility index (Phi) is 3.04. The van der Waals surface area contributed by atoms with E-state index in [9.17, 15) is 0 Å². The lowest BCUT2D eigenvalue weighted by molar-refractivity contribution is 0.0677. The Labute approximate surface area is 107 Å². The SMILES string of the molecule is N#Cc1cc(-c2nc(C3CSCCO3)no2)c[nH]1. The summed E-state index contributed by atoms with van der Waals surface area (Å²) < 4.78 is 10.8. The zero-order valence-electron chi connectivity index (χ0n) is 9.42. The van der Waals surface area contributed by atoms with E-state index >= 15 is 0 Å². The predicted octanol–water partition coefficient (Wildman–Crippen LogP) is 1.74. The minimum Gasteiger partial charge on any atom is -0.368 e.